The van der Waals surface area contributed by atoms with Gasteiger partial charge in [0.05, 0.1) is 36.0 Å². The van der Waals surface area contributed by atoms with Crippen molar-refractivity contribution < 1.29 is 17.5 Å². The number of halogens is 1. The fourth-order valence-corrected chi connectivity index (χ4v) is 4.11. The molecule has 2 heterocycles. The number of aromatic amines is 1. The van der Waals surface area contributed by atoms with E-state index in [1.807, 2.05) is 6.92 Å². The number of sulfonamides is 1. The van der Waals surface area contributed by atoms with E-state index in [9.17, 15) is 12.8 Å². The maximum Gasteiger partial charge on any atom is 0.243 e. The predicted octanol–water partition coefficient (Wildman–Crippen LogP) is 1.62. The summed E-state index contributed by atoms with van der Waals surface area (Å²) < 4.78 is 45.5. The van der Waals surface area contributed by atoms with Crippen molar-refractivity contribution in [1.82, 2.24) is 14.5 Å². The first-order chi connectivity index (χ1) is 10.5. The minimum atomic E-state index is -3.73. The molecule has 1 aliphatic heterocycles. The fraction of sp³-hybridized carbons (Fsp3) is 0.357. The van der Waals surface area contributed by atoms with Gasteiger partial charge in [-0.15, -0.1) is 0 Å². The Labute approximate surface area is 128 Å². The zero-order valence-corrected chi connectivity index (χ0v) is 12.8. The molecule has 0 bridgehead atoms. The molecule has 2 aromatic rings. The van der Waals surface area contributed by atoms with Crippen molar-refractivity contribution in [3.63, 3.8) is 0 Å². The SMILES string of the molecule is Cc1cn[nH]c1C1COCCN1S(=O)(=O)c1ccc(F)cc1. The van der Waals surface area contributed by atoms with Gasteiger partial charge in [0.25, 0.3) is 0 Å². The molecule has 1 aromatic heterocycles. The summed E-state index contributed by atoms with van der Waals surface area (Å²) >= 11 is 0. The highest BCUT2D eigenvalue weighted by atomic mass is 32.2. The molecule has 0 amide bonds. The van der Waals surface area contributed by atoms with Crippen LogP contribution in [0.25, 0.3) is 0 Å². The Bertz CT molecular complexity index is 758. The number of hydrogen-bond acceptors (Lipinski definition) is 4. The summed E-state index contributed by atoms with van der Waals surface area (Å²) in [5, 5.41) is 6.79. The average Bonchev–Trinajstić information content (AvgIpc) is 2.94. The van der Waals surface area contributed by atoms with Gasteiger partial charge in [-0.25, -0.2) is 12.8 Å². The standard InChI is InChI=1S/C14H16FN3O3S/c1-10-8-16-17-14(10)13-9-21-7-6-18(13)22(19,20)12-4-2-11(15)3-5-12/h2-5,8,13H,6-7,9H2,1H3,(H,16,17). The van der Waals surface area contributed by atoms with Gasteiger partial charge in [-0.05, 0) is 36.8 Å². The highest BCUT2D eigenvalue weighted by Gasteiger charge is 2.36. The predicted molar refractivity (Wildman–Crippen MR) is 77.2 cm³/mol. The molecular weight excluding hydrogens is 309 g/mol. The van der Waals surface area contributed by atoms with Crippen LogP contribution in [0.5, 0.6) is 0 Å². The van der Waals surface area contributed by atoms with Gasteiger partial charge >= 0.3 is 0 Å². The van der Waals surface area contributed by atoms with Crippen LogP contribution in [0.1, 0.15) is 17.3 Å². The highest BCUT2D eigenvalue weighted by molar-refractivity contribution is 7.89. The van der Waals surface area contributed by atoms with E-state index in [1.165, 1.54) is 16.4 Å². The number of rotatable bonds is 3. The zero-order chi connectivity index (χ0) is 15.7. The zero-order valence-electron chi connectivity index (χ0n) is 12.0. The molecule has 8 heteroatoms. The van der Waals surface area contributed by atoms with E-state index < -0.39 is 21.9 Å². The van der Waals surface area contributed by atoms with Gasteiger partial charge < -0.3 is 4.74 Å². The Kier molecular flexibility index (Phi) is 3.98. The fourth-order valence-electron chi connectivity index (χ4n) is 2.54. The number of nitrogens with zero attached hydrogens (tertiary/aromatic N) is 2. The van der Waals surface area contributed by atoms with Crippen LogP contribution in [0.4, 0.5) is 4.39 Å². The second-order valence-corrected chi connectivity index (χ2v) is 7.02. The molecule has 0 radical (unpaired) electrons. The Hall–Kier alpha value is -1.77. The number of aryl methyl sites for hydroxylation is 1. The second-order valence-electron chi connectivity index (χ2n) is 5.13. The number of hydrogen-bond donors (Lipinski definition) is 1. The lowest BCUT2D eigenvalue weighted by Gasteiger charge is -2.34. The Morgan fingerprint density at radius 2 is 2.09 bits per heavy atom. The van der Waals surface area contributed by atoms with Gasteiger partial charge in [0.15, 0.2) is 0 Å². The minimum Gasteiger partial charge on any atom is -0.378 e. The van der Waals surface area contributed by atoms with Crippen LogP contribution in [-0.2, 0) is 14.8 Å². The molecule has 1 aliphatic rings. The molecule has 1 fully saturated rings. The molecule has 1 N–H and O–H groups in total. The number of ether oxygens (including phenoxy) is 1. The largest absolute Gasteiger partial charge is 0.378 e. The number of aromatic nitrogens is 2. The Morgan fingerprint density at radius 1 is 1.36 bits per heavy atom. The van der Waals surface area contributed by atoms with E-state index in [0.717, 1.165) is 17.7 Å². The molecule has 3 rings (SSSR count). The summed E-state index contributed by atoms with van der Waals surface area (Å²) in [7, 11) is -3.73. The third kappa shape index (κ3) is 2.65. The third-order valence-corrected chi connectivity index (χ3v) is 5.62. The molecule has 1 saturated heterocycles. The van der Waals surface area contributed by atoms with Crippen LogP contribution in [0.2, 0.25) is 0 Å². The summed E-state index contributed by atoms with van der Waals surface area (Å²) in [4.78, 5) is 0.0676. The van der Waals surface area contributed by atoms with Crippen molar-refractivity contribution in [3.8, 4) is 0 Å². The quantitative estimate of drug-likeness (QED) is 0.930. The smallest absolute Gasteiger partial charge is 0.243 e. The first-order valence-corrected chi connectivity index (χ1v) is 8.29. The second kappa shape index (κ2) is 5.79. The molecule has 118 valence electrons. The van der Waals surface area contributed by atoms with Gasteiger partial charge in [0.1, 0.15) is 5.82 Å². The summed E-state index contributed by atoms with van der Waals surface area (Å²) in [6.07, 6.45) is 1.65. The minimum absolute atomic E-state index is 0.0676. The van der Waals surface area contributed by atoms with Crippen LogP contribution in [0, 0.1) is 12.7 Å². The maximum absolute atomic E-state index is 13.0. The summed E-state index contributed by atoms with van der Waals surface area (Å²) in [5.41, 5.74) is 1.58. The summed E-state index contributed by atoms with van der Waals surface area (Å²) in [6, 6.07) is 4.37. The van der Waals surface area contributed by atoms with Gasteiger partial charge in [-0.2, -0.15) is 9.40 Å². The number of morpholine rings is 1. The lowest BCUT2D eigenvalue weighted by atomic mass is 10.1. The van der Waals surface area contributed by atoms with Crippen molar-refractivity contribution in [1.29, 1.82) is 0 Å². The van der Waals surface area contributed by atoms with Crippen molar-refractivity contribution in [2.24, 2.45) is 0 Å². The Morgan fingerprint density at radius 3 is 2.73 bits per heavy atom. The van der Waals surface area contributed by atoms with E-state index in [-0.39, 0.29) is 18.0 Å². The molecule has 6 nitrogen and oxygen atoms in total. The maximum atomic E-state index is 13.0. The van der Waals surface area contributed by atoms with Crippen molar-refractivity contribution in [3.05, 3.63) is 47.5 Å². The normalized spacial score (nSPS) is 20.2. The lowest BCUT2D eigenvalue weighted by Crippen LogP contribution is -2.43. The van der Waals surface area contributed by atoms with Crippen molar-refractivity contribution >= 4 is 10.0 Å². The average molecular weight is 325 g/mol. The number of nitrogens with one attached hydrogen (secondary N) is 1. The molecular formula is C14H16FN3O3S. The van der Waals surface area contributed by atoms with E-state index in [4.69, 9.17) is 4.74 Å². The van der Waals surface area contributed by atoms with Crippen LogP contribution in [-0.4, -0.2) is 42.7 Å². The third-order valence-electron chi connectivity index (χ3n) is 3.70. The monoisotopic (exact) mass is 325 g/mol. The van der Waals surface area contributed by atoms with Gasteiger partial charge in [-0.1, -0.05) is 0 Å². The van der Waals surface area contributed by atoms with Crippen molar-refractivity contribution in [2.45, 2.75) is 17.9 Å². The van der Waals surface area contributed by atoms with Crippen LogP contribution in [0.15, 0.2) is 35.4 Å². The number of benzene rings is 1. The van der Waals surface area contributed by atoms with Gasteiger partial charge in [-0.3, -0.25) is 5.10 Å². The van der Waals surface area contributed by atoms with Crippen molar-refractivity contribution in [2.75, 3.05) is 19.8 Å². The van der Waals surface area contributed by atoms with Gasteiger partial charge in [0, 0.05) is 6.54 Å². The van der Waals surface area contributed by atoms with Crippen LogP contribution >= 0.6 is 0 Å². The molecule has 1 aromatic carbocycles. The molecule has 0 saturated carbocycles. The molecule has 0 aliphatic carbocycles. The van der Waals surface area contributed by atoms with E-state index in [0.29, 0.717) is 12.3 Å². The van der Waals surface area contributed by atoms with Crippen LogP contribution in [0.3, 0.4) is 0 Å². The summed E-state index contributed by atoms with van der Waals surface area (Å²) in [5.74, 6) is -0.470. The first-order valence-electron chi connectivity index (χ1n) is 6.85. The van der Waals surface area contributed by atoms with E-state index >= 15 is 0 Å². The van der Waals surface area contributed by atoms with Crippen LogP contribution < -0.4 is 0 Å². The molecule has 1 unspecified atom stereocenters. The lowest BCUT2D eigenvalue weighted by molar-refractivity contribution is 0.0303. The summed E-state index contributed by atoms with van der Waals surface area (Å²) in [6.45, 7) is 2.67. The highest BCUT2D eigenvalue weighted by Crippen LogP contribution is 2.30. The van der Waals surface area contributed by atoms with Gasteiger partial charge in [0.2, 0.25) is 10.0 Å². The Balaban J connectivity index is 2.00. The van der Waals surface area contributed by atoms with E-state index in [1.54, 1.807) is 6.20 Å². The topological polar surface area (TPSA) is 75.3 Å². The molecule has 0 spiro atoms. The van der Waals surface area contributed by atoms with E-state index in [2.05, 4.69) is 10.2 Å². The molecule has 1 atom stereocenters. The number of H-pyrrole nitrogens is 1. The first kappa shape index (κ1) is 15.1. The molecule has 22 heavy (non-hydrogen) atoms.